The van der Waals surface area contributed by atoms with Crippen LogP contribution in [0.25, 0.3) is 6.08 Å². The third-order valence-corrected chi connectivity index (χ3v) is 4.69. The Hall–Kier alpha value is -2.73. The highest BCUT2D eigenvalue weighted by atomic mass is 19.3. The van der Waals surface area contributed by atoms with Gasteiger partial charge in [0, 0.05) is 44.4 Å². The molecule has 0 aliphatic carbocycles. The summed E-state index contributed by atoms with van der Waals surface area (Å²) >= 11 is 0. The van der Waals surface area contributed by atoms with Gasteiger partial charge in [-0.3, -0.25) is 9.69 Å². The van der Waals surface area contributed by atoms with Crippen LogP contribution in [0, 0.1) is 0 Å². The minimum atomic E-state index is -2.90. The van der Waals surface area contributed by atoms with E-state index in [1.807, 2.05) is 18.2 Å². The average Bonchev–Trinajstić information content (AvgIpc) is 2.93. The summed E-state index contributed by atoms with van der Waals surface area (Å²) in [4.78, 5) is 16.7. The van der Waals surface area contributed by atoms with Gasteiger partial charge in [0.15, 0.2) is 0 Å². The second-order valence-electron chi connectivity index (χ2n) is 6.69. The lowest BCUT2D eigenvalue weighted by Gasteiger charge is -2.21. The number of para-hydroxylation sites is 1. The Bertz CT molecular complexity index is 796. The molecule has 1 amide bonds. The monoisotopic (exact) mass is 386 g/mol. The average molecular weight is 386 g/mol. The lowest BCUT2D eigenvalue weighted by atomic mass is 10.2. The van der Waals surface area contributed by atoms with E-state index in [1.54, 1.807) is 23.1 Å². The van der Waals surface area contributed by atoms with E-state index in [9.17, 15) is 13.6 Å². The summed E-state index contributed by atoms with van der Waals surface area (Å²) in [5, 5.41) is 0. The SMILES string of the molecule is O=C(/C=C/c1ccccc1OC(F)F)N1CCCN(Cc2ccccc2)CC1. The maximum Gasteiger partial charge on any atom is 0.387 e. The summed E-state index contributed by atoms with van der Waals surface area (Å²) in [5.74, 6) is -0.0557. The first kappa shape index (κ1) is 20.0. The standard InChI is InChI=1S/C22H24F2N2O2/c23-22(24)28-20-10-5-4-9-19(20)11-12-21(27)26-14-6-13-25(15-16-26)17-18-7-2-1-3-8-18/h1-5,7-12,22H,6,13-17H2/b12-11+. The molecule has 0 spiro atoms. The van der Waals surface area contributed by atoms with Gasteiger partial charge in [0.25, 0.3) is 0 Å². The maximum absolute atomic E-state index is 12.6. The molecule has 3 rings (SSSR count). The van der Waals surface area contributed by atoms with E-state index in [0.29, 0.717) is 18.7 Å². The van der Waals surface area contributed by atoms with E-state index in [4.69, 9.17) is 0 Å². The molecule has 0 unspecified atom stereocenters. The highest BCUT2D eigenvalue weighted by Crippen LogP contribution is 2.21. The lowest BCUT2D eigenvalue weighted by Crippen LogP contribution is -2.34. The molecule has 0 aromatic heterocycles. The number of amides is 1. The van der Waals surface area contributed by atoms with Crippen molar-refractivity contribution >= 4 is 12.0 Å². The van der Waals surface area contributed by atoms with Crippen molar-refractivity contribution in [3.05, 3.63) is 71.8 Å². The minimum absolute atomic E-state index is 0.0615. The van der Waals surface area contributed by atoms with Crippen molar-refractivity contribution in [1.29, 1.82) is 0 Å². The normalized spacial score (nSPS) is 15.8. The molecule has 1 fully saturated rings. The van der Waals surface area contributed by atoms with Crippen molar-refractivity contribution in [3.63, 3.8) is 0 Å². The molecule has 1 aliphatic heterocycles. The van der Waals surface area contributed by atoms with Crippen LogP contribution in [-0.4, -0.2) is 48.5 Å². The van der Waals surface area contributed by atoms with Gasteiger partial charge in [0.2, 0.25) is 5.91 Å². The van der Waals surface area contributed by atoms with Gasteiger partial charge in [-0.2, -0.15) is 8.78 Å². The van der Waals surface area contributed by atoms with Crippen LogP contribution in [-0.2, 0) is 11.3 Å². The highest BCUT2D eigenvalue weighted by Gasteiger charge is 2.18. The van der Waals surface area contributed by atoms with E-state index in [1.165, 1.54) is 23.8 Å². The number of benzene rings is 2. The van der Waals surface area contributed by atoms with Gasteiger partial charge in [-0.25, -0.2) is 0 Å². The summed E-state index contributed by atoms with van der Waals surface area (Å²) in [7, 11) is 0. The molecule has 148 valence electrons. The molecular weight excluding hydrogens is 362 g/mol. The molecule has 6 heteroatoms. The molecular formula is C22H24F2N2O2. The van der Waals surface area contributed by atoms with Gasteiger partial charge >= 0.3 is 6.61 Å². The van der Waals surface area contributed by atoms with Crippen LogP contribution >= 0.6 is 0 Å². The number of alkyl halides is 2. The van der Waals surface area contributed by atoms with Gasteiger partial charge in [-0.05, 0) is 24.1 Å². The number of nitrogens with zero attached hydrogens (tertiary/aromatic N) is 2. The maximum atomic E-state index is 12.6. The Morgan fingerprint density at radius 1 is 1.00 bits per heavy atom. The van der Waals surface area contributed by atoms with E-state index in [0.717, 1.165) is 26.1 Å². The lowest BCUT2D eigenvalue weighted by molar-refractivity contribution is -0.125. The fourth-order valence-electron chi connectivity index (χ4n) is 3.28. The van der Waals surface area contributed by atoms with Crippen molar-refractivity contribution in [3.8, 4) is 5.75 Å². The molecule has 0 bridgehead atoms. The summed E-state index contributed by atoms with van der Waals surface area (Å²) in [6, 6.07) is 16.7. The van der Waals surface area contributed by atoms with E-state index in [-0.39, 0.29) is 11.7 Å². The first-order valence-corrected chi connectivity index (χ1v) is 9.39. The Labute approximate surface area is 164 Å². The number of carbonyl (C=O) groups is 1. The number of ether oxygens (including phenoxy) is 1. The van der Waals surface area contributed by atoms with Crippen molar-refractivity contribution in [2.24, 2.45) is 0 Å². The van der Waals surface area contributed by atoms with Crippen LogP contribution < -0.4 is 4.74 Å². The zero-order chi connectivity index (χ0) is 19.8. The van der Waals surface area contributed by atoms with E-state index < -0.39 is 6.61 Å². The van der Waals surface area contributed by atoms with Crippen molar-refractivity contribution in [2.75, 3.05) is 26.2 Å². The Kier molecular flexibility index (Phi) is 7.14. The molecule has 1 saturated heterocycles. The molecule has 1 aliphatic rings. The van der Waals surface area contributed by atoms with Crippen molar-refractivity contribution < 1.29 is 18.3 Å². The Morgan fingerprint density at radius 2 is 1.75 bits per heavy atom. The first-order valence-electron chi connectivity index (χ1n) is 9.39. The largest absolute Gasteiger partial charge is 0.434 e. The second kappa shape index (κ2) is 9.99. The van der Waals surface area contributed by atoms with Crippen LogP contribution in [0.5, 0.6) is 5.75 Å². The third-order valence-electron chi connectivity index (χ3n) is 4.69. The fourth-order valence-corrected chi connectivity index (χ4v) is 3.28. The quantitative estimate of drug-likeness (QED) is 0.703. The molecule has 28 heavy (non-hydrogen) atoms. The summed E-state index contributed by atoms with van der Waals surface area (Å²) in [5.41, 5.74) is 1.72. The van der Waals surface area contributed by atoms with E-state index in [2.05, 4.69) is 21.8 Å². The molecule has 0 saturated carbocycles. The fraction of sp³-hybridized carbons (Fsp3) is 0.318. The zero-order valence-corrected chi connectivity index (χ0v) is 15.6. The summed E-state index contributed by atoms with van der Waals surface area (Å²) in [6.07, 6.45) is 3.87. The van der Waals surface area contributed by atoms with E-state index >= 15 is 0 Å². The topological polar surface area (TPSA) is 32.8 Å². The molecule has 4 nitrogen and oxygen atoms in total. The van der Waals surface area contributed by atoms with Crippen LogP contribution in [0.1, 0.15) is 17.5 Å². The first-order chi connectivity index (χ1) is 13.6. The molecule has 0 N–H and O–H groups in total. The van der Waals surface area contributed by atoms with Gasteiger partial charge in [0.05, 0.1) is 0 Å². The summed E-state index contributed by atoms with van der Waals surface area (Å²) in [6.45, 7) is 1.05. The van der Waals surface area contributed by atoms with Gasteiger partial charge in [-0.1, -0.05) is 48.5 Å². The molecule has 2 aromatic carbocycles. The number of hydrogen-bond acceptors (Lipinski definition) is 3. The van der Waals surface area contributed by atoms with Crippen LogP contribution in [0.3, 0.4) is 0 Å². The number of halogens is 2. The predicted octanol–water partition coefficient (Wildman–Crippen LogP) is 4.04. The number of carbonyl (C=O) groups excluding carboxylic acids is 1. The van der Waals surface area contributed by atoms with Gasteiger partial charge < -0.3 is 9.64 Å². The minimum Gasteiger partial charge on any atom is -0.434 e. The summed E-state index contributed by atoms with van der Waals surface area (Å²) < 4.78 is 29.5. The van der Waals surface area contributed by atoms with Crippen molar-refractivity contribution in [1.82, 2.24) is 9.80 Å². The van der Waals surface area contributed by atoms with Crippen LogP contribution in [0.2, 0.25) is 0 Å². The molecule has 0 radical (unpaired) electrons. The van der Waals surface area contributed by atoms with Gasteiger partial charge in [0.1, 0.15) is 5.75 Å². The highest BCUT2D eigenvalue weighted by molar-refractivity contribution is 5.92. The smallest absolute Gasteiger partial charge is 0.387 e. The molecule has 2 aromatic rings. The number of hydrogen-bond donors (Lipinski definition) is 0. The Morgan fingerprint density at radius 3 is 2.54 bits per heavy atom. The number of rotatable bonds is 6. The van der Waals surface area contributed by atoms with Crippen LogP contribution in [0.15, 0.2) is 60.7 Å². The second-order valence-corrected chi connectivity index (χ2v) is 6.69. The van der Waals surface area contributed by atoms with Gasteiger partial charge in [-0.15, -0.1) is 0 Å². The van der Waals surface area contributed by atoms with Crippen molar-refractivity contribution in [2.45, 2.75) is 19.6 Å². The molecule has 0 atom stereocenters. The molecule has 1 heterocycles. The third kappa shape index (κ3) is 5.89. The Balaban J connectivity index is 1.57. The van der Waals surface area contributed by atoms with Crippen LogP contribution in [0.4, 0.5) is 8.78 Å². The zero-order valence-electron chi connectivity index (χ0n) is 15.6. The predicted molar refractivity (Wildman–Crippen MR) is 105 cm³/mol.